The summed E-state index contributed by atoms with van der Waals surface area (Å²) in [4.78, 5) is 8.73. The first kappa shape index (κ1) is 13.5. The van der Waals surface area contributed by atoms with E-state index >= 15 is 0 Å². The molecule has 1 heterocycles. The predicted octanol–water partition coefficient (Wildman–Crippen LogP) is 3.26. The summed E-state index contributed by atoms with van der Waals surface area (Å²) in [7, 11) is 0. The second-order valence-corrected chi connectivity index (χ2v) is 5.78. The van der Waals surface area contributed by atoms with Gasteiger partial charge in [-0.2, -0.15) is 0 Å². The Hall–Kier alpha value is -0.960. The lowest BCUT2D eigenvalue weighted by Crippen LogP contribution is -2.29. The van der Waals surface area contributed by atoms with Gasteiger partial charge in [0.25, 0.3) is 0 Å². The third kappa shape index (κ3) is 3.52. The minimum atomic E-state index is 0.304. The molecule has 18 heavy (non-hydrogen) atoms. The molecule has 0 bridgehead atoms. The predicted molar refractivity (Wildman–Crippen MR) is 74.3 cm³/mol. The fraction of sp³-hybridized carbons (Fsp3) is 0.733. The average Bonchev–Trinajstić information content (AvgIpc) is 2.38. The highest BCUT2D eigenvalue weighted by Gasteiger charge is 2.19. The Morgan fingerprint density at radius 1 is 1.22 bits per heavy atom. The molecule has 3 heteroatoms. The van der Waals surface area contributed by atoms with E-state index in [0.29, 0.717) is 6.04 Å². The largest absolute Gasteiger partial charge is 0.309 e. The second kappa shape index (κ2) is 6.28. The molecule has 1 unspecified atom stereocenters. The van der Waals surface area contributed by atoms with Crippen molar-refractivity contribution in [3.63, 3.8) is 0 Å². The fourth-order valence-corrected chi connectivity index (χ4v) is 2.82. The van der Waals surface area contributed by atoms with Crippen LogP contribution in [0, 0.1) is 18.8 Å². The molecule has 0 radical (unpaired) electrons. The summed E-state index contributed by atoms with van der Waals surface area (Å²) in [6.45, 7) is 7.70. The van der Waals surface area contributed by atoms with Crippen LogP contribution in [0.5, 0.6) is 0 Å². The highest BCUT2D eigenvalue weighted by atomic mass is 14.9. The van der Waals surface area contributed by atoms with Gasteiger partial charge >= 0.3 is 0 Å². The van der Waals surface area contributed by atoms with Crippen LogP contribution < -0.4 is 5.32 Å². The Labute approximate surface area is 110 Å². The first-order valence-electron chi connectivity index (χ1n) is 7.17. The SMILES string of the molecule is Cc1nccnc1C(C)NCC1CCC(C)CC1. The molecule has 1 fully saturated rings. The number of nitrogens with zero attached hydrogens (tertiary/aromatic N) is 2. The van der Waals surface area contributed by atoms with Crippen LogP contribution in [-0.2, 0) is 0 Å². The van der Waals surface area contributed by atoms with Gasteiger partial charge in [0, 0.05) is 18.4 Å². The number of hydrogen-bond donors (Lipinski definition) is 1. The maximum atomic E-state index is 4.43. The van der Waals surface area contributed by atoms with Crippen molar-refractivity contribution in [2.24, 2.45) is 11.8 Å². The highest BCUT2D eigenvalue weighted by Crippen LogP contribution is 2.28. The Balaban J connectivity index is 1.81. The summed E-state index contributed by atoms with van der Waals surface area (Å²) >= 11 is 0. The van der Waals surface area contributed by atoms with Gasteiger partial charge in [-0.05, 0) is 45.1 Å². The summed E-state index contributed by atoms with van der Waals surface area (Å²) in [5, 5.41) is 3.62. The number of rotatable bonds is 4. The first-order chi connectivity index (χ1) is 8.66. The molecule has 0 amide bonds. The lowest BCUT2D eigenvalue weighted by Gasteiger charge is -2.27. The van der Waals surface area contributed by atoms with Crippen molar-refractivity contribution in [3.05, 3.63) is 23.8 Å². The Morgan fingerprint density at radius 2 is 1.89 bits per heavy atom. The van der Waals surface area contributed by atoms with Crippen LogP contribution in [0.25, 0.3) is 0 Å². The minimum Gasteiger partial charge on any atom is -0.309 e. The standard InChI is InChI=1S/C15H25N3/c1-11-4-6-14(7-5-11)10-18-13(3)15-12(2)16-8-9-17-15/h8-9,11,13-14,18H,4-7,10H2,1-3H3. The molecule has 1 saturated carbocycles. The number of nitrogens with one attached hydrogen (secondary N) is 1. The smallest absolute Gasteiger partial charge is 0.0782 e. The topological polar surface area (TPSA) is 37.8 Å². The maximum absolute atomic E-state index is 4.43. The molecule has 1 atom stereocenters. The van der Waals surface area contributed by atoms with Crippen molar-refractivity contribution in [2.45, 2.75) is 52.5 Å². The minimum absolute atomic E-state index is 0.304. The van der Waals surface area contributed by atoms with Crippen LogP contribution in [0.2, 0.25) is 0 Å². The molecule has 1 aromatic rings. The van der Waals surface area contributed by atoms with Gasteiger partial charge in [-0.1, -0.05) is 19.8 Å². The van der Waals surface area contributed by atoms with E-state index in [1.165, 1.54) is 25.7 Å². The quantitative estimate of drug-likeness (QED) is 0.887. The van der Waals surface area contributed by atoms with E-state index in [1.54, 1.807) is 12.4 Å². The Bertz CT molecular complexity index is 370. The van der Waals surface area contributed by atoms with E-state index in [4.69, 9.17) is 0 Å². The van der Waals surface area contributed by atoms with E-state index in [2.05, 4.69) is 29.1 Å². The lowest BCUT2D eigenvalue weighted by molar-refractivity contribution is 0.275. The van der Waals surface area contributed by atoms with Gasteiger partial charge in [0.05, 0.1) is 11.4 Å². The molecular weight excluding hydrogens is 222 g/mol. The average molecular weight is 247 g/mol. The van der Waals surface area contributed by atoms with Gasteiger partial charge in [0.15, 0.2) is 0 Å². The zero-order chi connectivity index (χ0) is 13.0. The van der Waals surface area contributed by atoms with Crippen LogP contribution in [0.15, 0.2) is 12.4 Å². The molecule has 1 N–H and O–H groups in total. The fourth-order valence-electron chi connectivity index (χ4n) is 2.82. The molecule has 3 nitrogen and oxygen atoms in total. The number of aryl methyl sites for hydroxylation is 1. The Morgan fingerprint density at radius 3 is 2.56 bits per heavy atom. The van der Waals surface area contributed by atoms with Crippen LogP contribution >= 0.6 is 0 Å². The molecule has 2 rings (SSSR count). The zero-order valence-electron chi connectivity index (χ0n) is 11.8. The molecule has 0 spiro atoms. The molecule has 0 aromatic carbocycles. The lowest BCUT2D eigenvalue weighted by atomic mass is 9.83. The number of aromatic nitrogens is 2. The summed E-state index contributed by atoms with van der Waals surface area (Å²) in [5.41, 5.74) is 2.12. The normalized spacial score (nSPS) is 25.9. The van der Waals surface area contributed by atoms with Crippen molar-refractivity contribution in [2.75, 3.05) is 6.54 Å². The van der Waals surface area contributed by atoms with Gasteiger partial charge in [-0.3, -0.25) is 9.97 Å². The third-order valence-electron chi connectivity index (χ3n) is 4.18. The van der Waals surface area contributed by atoms with Crippen molar-refractivity contribution in [3.8, 4) is 0 Å². The van der Waals surface area contributed by atoms with E-state index < -0.39 is 0 Å². The first-order valence-corrected chi connectivity index (χ1v) is 7.17. The van der Waals surface area contributed by atoms with E-state index in [-0.39, 0.29) is 0 Å². The third-order valence-corrected chi connectivity index (χ3v) is 4.18. The van der Waals surface area contributed by atoms with Crippen molar-refractivity contribution < 1.29 is 0 Å². The maximum Gasteiger partial charge on any atom is 0.0782 e. The summed E-state index contributed by atoms with van der Waals surface area (Å²) in [6, 6.07) is 0.304. The van der Waals surface area contributed by atoms with Crippen LogP contribution in [0.4, 0.5) is 0 Å². The van der Waals surface area contributed by atoms with Crippen molar-refractivity contribution in [1.82, 2.24) is 15.3 Å². The van der Waals surface area contributed by atoms with Gasteiger partial charge in [-0.25, -0.2) is 0 Å². The molecular formula is C15H25N3. The summed E-state index contributed by atoms with van der Waals surface area (Å²) in [6.07, 6.45) is 9.08. The molecule has 100 valence electrons. The summed E-state index contributed by atoms with van der Waals surface area (Å²) < 4.78 is 0. The van der Waals surface area contributed by atoms with Gasteiger partial charge in [-0.15, -0.1) is 0 Å². The van der Waals surface area contributed by atoms with Crippen molar-refractivity contribution >= 4 is 0 Å². The molecule has 1 aliphatic rings. The van der Waals surface area contributed by atoms with Gasteiger partial charge in [0.2, 0.25) is 0 Å². The molecule has 1 aromatic heterocycles. The Kier molecular flexibility index (Phi) is 4.70. The van der Waals surface area contributed by atoms with Crippen LogP contribution in [0.3, 0.4) is 0 Å². The van der Waals surface area contributed by atoms with Crippen LogP contribution in [-0.4, -0.2) is 16.5 Å². The molecule has 0 aliphatic heterocycles. The number of hydrogen-bond acceptors (Lipinski definition) is 3. The van der Waals surface area contributed by atoms with Gasteiger partial charge < -0.3 is 5.32 Å². The van der Waals surface area contributed by atoms with E-state index in [9.17, 15) is 0 Å². The van der Waals surface area contributed by atoms with Crippen LogP contribution in [0.1, 0.15) is 57.0 Å². The van der Waals surface area contributed by atoms with Crippen molar-refractivity contribution in [1.29, 1.82) is 0 Å². The molecule has 1 aliphatic carbocycles. The second-order valence-electron chi connectivity index (χ2n) is 5.78. The highest BCUT2D eigenvalue weighted by molar-refractivity contribution is 5.12. The van der Waals surface area contributed by atoms with E-state index in [0.717, 1.165) is 29.8 Å². The molecule has 0 saturated heterocycles. The zero-order valence-corrected chi connectivity index (χ0v) is 11.8. The van der Waals surface area contributed by atoms with E-state index in [1.807, 2.05) is 6.92 Å². The summed E-state index contributed by atoms with van der Waals surface area (Å²) in [5.74, 6) is 1.78. The van der Waals surface area contributed by atoms with Gasteiger partial charge in [0.1, 0.15) is 0 Å². The monoisotopic (exact) mass is 247 g/mol.